The molecule has 0 saturated carbocycles. The molecule has 1 amide bonds. The van der Waals surface area contributed by atoms with Crippen LogP contribution < -0.4 is 20.3 Å². The van der Waals surface area contributed by atoms with Crippen LogP contribution >= 0.6 is 15.9 Å². The van der Waals surface area contributed by atoms with Crippen molar-refractivity contribution in [3.05, 3.63) is 81.4 Å². The average Bonchev–Trinajstić information content (AvgIpc) is 3.25. The summed E-state index contributed by atoms with van der Waals surface area (Å²) in [6.07, 6.45) is 3.03. The van der Waals surface area contributed by atoms with E-state index in [-0.39, 0.29) is 18.1 Å². The molecular formula is C23H22BrN5O4. The monoisotopic (exact) mass is 511 g/mol. The highest BCUT2D eigenvalue weighted by Crippen LogP contribution is 2.18. The first-order valence-corrected chi connectivity index (χ1v) is 11.0. The van der Waals surface area contributed by atoms with Crippen molar-refractivity contribution in [2.24, 2.45) is 0 Å². The van der Waals surface area contributed by atoms with Crippen LogP contribution in [0, 0.1) is 0 Å². The number of ether oxygens (including phenoxy) is 2. The molecule has 0 atom stereocenters. The number of fused-ring (bicyclic) bond motifs is 1. The van der Waals surface area contributed by atoms with E-state index >= 15 is 0 Å². The van der Waals surface area contributed by atoms with Gasteiger partial charge in [-0.3, -0.25) is 14.2 Å². The molecule has 0 bridgehead atoms. The Morgan fingerprint density at radius 1 is 1.15 bits per heavy atom. The van der Waals surface area contributed by atoms with Crippen molar-refractivity contribution < 1.29 is 14.3 Å². The number of aromatic nitrogens is 4. The summed E-state index contributed by atoms with van der Waals surface area (Å²) >= 11 is 3.41. The molecular weight excluding hydrogens is 490 g/mol. The lowest BCUT2D eigenvalue weighted by molar-refractivity contribution is -0.123. The summed E-state index contributed by atoms with van der Waals surface area (Å²) < 4.78 is 14.7. The van der Waals surface area contributed by atoms with Crippen molar-refractivity contribution in [3.8, 4) is 11.5 Å². The Balaban J connectivity index is 1.33. The second-order valence-electron chi connectivity index (χ2n) is 7.23. The zero-order chi connectivity index (χ0) is 23.2. The number of benzene rings is 2. The van der Waals surface area contributed by atoms with Crippen LogP contribution in [0.25, 0.3) is 11.0 Å². The van der Waals surface area contributed by atoms with Gasteiger partial charge in [0.15, 0.2) is 12.3 Å². The zero-order valence-corrected chi connectivity index (χ0v) is 19.5. The van der Waals surface area contributed by atoms with Crippen LogP contribution in [0.2, 0.25) is 0 Å². The summed E-state index contributed by atoms with van der Waals surface area (Å²) in [5, 5.41) is 7.47. The van der Waals surface area contributed by atoms with E-state index < -0.39 is 0 Å². The molecule has 0 aliphatic carbocycles. The van der Waals surface area contributed by atoms with Crippen LogP contribution in [0.15, 0.2) is 70.3 Å². The topological polar surface area (TPSA) is 100 Å². The number of carbonyl (C=O) groups excluding carboxylic acids is 1. The fourth-order valence-corrected chi connectivity index (χ4v) is 3.52. The second-order valence-corrected chi connectivity index (χ2v) is 8.14. The Morgan fingerprint density at radius 3 is 2.73 bits per heavy atom. The van der Waals surface area contributed by atoms with E-state index in [0.29, 0.717) is 42.2 Å². The molecule has 2 heterocycles. The molecule has 1 N–H and O–H groups in total. The third kappa shape index (κ3) is 5.58. The molecule has 4 aromatic rings. The van der Waals surface area contributed by atoms with Crippen LogP contribution in [0.1, 0.15) is 5.56 Å². The van der Waals surface area contributed by atoms with Gasteiger partial charge >= 0.3 is 0 Å². The molecule has 33 heavy (non-hydrogen) atoms. The molecule has 4 rings (SSSR count). The van der Waals surface area contributed by atoms with Gasteiger partial charge in [-0.1, -0.05) is 34.1 Å². The highest BCUT2D eigenvalue weighted by Gasteiger charge is 2.11. The number of hydrogen-bond acceptors (Lipinski definition) is 6. The van der Waals surface area contributed by atoms with Gasteiger partial charge in [-0.2, -0.15) is 5.10 Å². The van der Waals surface area contributed by atoms with Crippen molar-refractivity contribution in [2.45, 2.75) is 13.1 Å². The van der Waals surface area contributed by atoms with E-state index in [1.165, 1.54) is 12.5 Å². The van der Waals surface area contributed by atoms with Crippen LogP contribution in [0.5, 0.6) is 11.5 Å². The number of hydrogen-bond donors (Lipinski definition) is 1. The Bertz CT molecular complexity index is 1320. The maximum Gasteiger partial charge on any atom is 0.264 e. The largest absolute Gasteiger partial charge is 0.497 e. The number of nitrogens with one attached hydrogen (secondary N) is 1. The van der Waals surface area contributed by atoms with Crippen molar-refractivity contribution in [3.63, 3.8) is 0 Å². The predicted molar refractivity (Wildman–Crippen MR) is 127 cm³/mol. The predicted octanol–water partition coefficient (Wildman–Crippen LogP) is 2.61. The molecule has 0 aliphatic heterocycles. The third-order valence-corrected chi connectivity index (χ3v) is 5.47. The molecule has 2 aromatic heterocycles. The fraction of sp³-hybridized carbons (Fsp3) is 0.217. The van der Waals surface area contributed by atoms with Gasteiger partial charge in [-0.25, -0.2) is 9.67 Å². The van der Waals surface area contributed by atoms with Crippen LogP contribution in [-0.2, 0) is 17.9 Å². The number of amides is 1. The van der Waals surface area contributed by atoms with Gasteiger partial charge in [-0.15, -0.1) is 0 Å². The number of methoxy groups -OCH3 is 1. The summed E-state index contributed by atoms with van der Waals surface area (Å²) in [7, 11) is 1.57. The molecule has 0 radical (unpaired) electrons. The number of rotatable bonds is 9. The standard InChI is InChI=1S/C23H22BrN5O4/c1-32-18-3-2-4-19(11-18)33-14-21(30)25-9-10-29-22-20(12-27-29)23(31)28(15-26-22)13-16-5-7-17(24)8-6-16/h2-8,11-12,15H,9-10,13-14H2,1H3,(H,25,30). The molecule has 0 saturated heterocycles. The van der Waals surface area contributed by atoms with Crippen LogP contribution in [0.3, 0.4) is 0 Å². The number of nitrogens with zero attached hydrogens (tertiary/aromatic N) is 4. The molecule has 9 nitrogen and oxygen atoms in total. The molecule has 0 fully saturated rings. The first kappa shape index (κ1) is 22.5. The maximum absolute atomic E-state index is 12.8. The summed E-state index contributed by atoms with van der Waals surface area (Å²) in [5.74, 6) is 0.937. The lowest BCUT2D eigenvalue weighted by Gasteiger charge is -2.09. The molecule has 2 aromatic carbocycles. The SMILES string of the molecule is COc1cccc(OCC(=O)NCCn2ncc3c(=O)n(Cc4ccc(Br)cc4)cnc32)c1. The Kier molecular flexibility index (Phi) is 7.04. The maximum atomic E-state index is 12.8. The zero-order valence-electron chi connectivity index (χ0n) is 17.9. The summed E-state index contributed by atoms with van der Waals surface area (Å²) in [4.78, 5) is 29.3. The van der Waals surface area contributed by atoms with Crippen LogP contribution in [-0.4, -0.2) is 45.5 Å². The van der Waals surface area contributed by atoms with E-state index in [9.17, 15) is 9.59 Å². The third-order valence-electron chi connectivity index (χ3n) is 4.95. The van der Waals surface area contributed by atoms with Gasteiger partial charge in [0.2, 0.25) is 0 Å². The van der Waals surface area contributed by atoms with E-state index in [4.69, 9.17) is 9.47 Å². The minimum absolute atomic E-state index is 0.119. The average molecular weight is 512 g/mol. The molecule has 0 spiro atoms. The number of carbonyl (C=O) groups is 1. The second kappa shape index (κ2) is 10.3. The Hall–Kier alpha value is -3.66. The van der Waals surface area contributed by atoms with E-state index in [0.717, 1.165) is 10.0 Å². The first-order valence-electron chi connectivity index (χ1n) is 10.2. The first-order chi connectivity index (χ1) is 16.0. The minimum atomic E-state index is -0.265. The van der Waals surface area contributed by atoms with Crippen molar-refractivity contribution in [1.82, 2.24) is 24.6 Å². The van der Waals surface area contributed by atoms with Crippen molar-refractivity contribution in [2.75, 3.05) is 20.3 Å². The van der Waals surface area contributed by atoms with Gasteiger partial charge in [-0.05, 0) is 29.8 Å². The van der Waals surface area contributed by atoms with Gasteiger partial charge in [0.25, 0.3) is 11.5 Å². The lowest BCUT2D eigenvalue weighted by atomic mass is 10.2. The van der Waals surface area contributed by atoms with E-state index in [1.807, 2.05) is 24.3 Å². The highest BCUT2D eigenvalue weighted by molar-refractivity contribution is 9.10. The summed E-state index contributed by atoms with van der Waals surface area (Å²) in [5.41, 5.74) is 1.31. The smallest absolute Gasteiger partial charge is 0.264 e. The van der Waals surface area contributed by atoms with Gasteiger partial charge in [0.1, 0.15) is 23.2 Å². The van der Waals surface area contributed by atoms with E-state index in [1.54, 1.807) is 40.6 Å². The minimum Gasteiger partial charge on any atom is -0.497 e. The number of halogens is 1. The highest BCUT2D eigenvalue weighted by atomic mass is 79.9. The van der Waals surface area contributed by atoms with Gasteiger partial charge < -0.3 is 14.8 Å². The van der Waals surface area contributed by atoms with Gasteiger partial charge in [0.05, 0.1) is 26.4 Å². The fourth-order valence-electron chi connectivity index (χ4n) is 3.25. The van der Waals surface area contributed by atoms with Crippen molar-refractivity contribution >= 4 is 32.9 Å². The summed E-state index contributed by atoms with van der Waals surface area (Å²) in [6.45, 7) is 0.994. The van der Waals surface area contributed by atoms with Gasteiger partial charge in [0, 0.05) is 17.1 Å². The summed E-state index contributed by atoms with van der Waals surface area (Å²) in [6, 6.07) is 14.8. The quantitative estimate of drug-likeness (QED) is 0.370. The van der Waals surface area contributed by atoms with Crippen LogP contribution in [0.4, 0.5) is 0 Å². The Morgan fingerprint density at radius 2 is 1.94 bits per heavy atom. The Labute approximate surface area is 198 Å². The van der Waals surface area contributed by atoms with Crippen molar-refractivity contribution in [1.29, 1.82) is 0 Å². The van der Waals surface area contributed by atoms with E-state index in [2.05, 4.69) is 31.3 Å². The molecule has 0 unspecified atom stereocenters. The lowest BCUT2D eigenvalue weighted by Crippen LogP contribution is -2.31. The normalized spacial score (nSPS) is 10.8. The molecule has 170 valence electrons. The molecule has 10 heteroatoms. The molecule has 0 aliphatic rings.